The predicted octanol–water partition coefficient (Wildman–Crippen LogP) is 3.08. The zero-order chi connectivity index (χ0) is 17.5. The number of nitrogens with two attached hydrogens (primary N) is 1. The van der Waals surface area contributed by atoms with Crippen molar-refractivity contribution in [3.63, 3.8) is 0 Å². The standard InChI is InChI=1S/C19H18N4O2.ClH/c20-11-16-10-18(23-13-22-16)25-17-8-4-7-15(9-17)19(24)21-12-14-5-2-1-3-6-14;/h1-10,13H,11-12,20H2,(H,21,24);1H. The first-order valence-corrected chi connectivity index (χ1v) is 7.85. The molecule has 0 saturated heterocycles. The number of carbonyl (C=O) groups excluding carboxylic acids is 1. The summed E-state index contributed by atoms with van der Waals surface area (Å²) in [4.78, 5) is 20.4. The van der Waals surface area contributed by atoms with Crippen LogP contribution in [-0.2, 0) is 13.1 Å². The first-order chi connectivity index (χ1) is 12.2. The second-order valence-corrected chi connectivity index (χ2v) is 5.35. The topological polar surface area (TPSA) is 90.1 Å². The molecule has 0 aliphatic carbocycles. The van der Waals surface area contributed by atoms with E-state index in [-0.39, 0.29) is 18.3 Å². The normalized spacial score (nSPS) is 9.88. The number of hydrogen-bond acceptors (Lipinski definition) is 5. The van der Waals surface area contributed by atoms with Crippen molar-refractivity contribution in [3.05, 3.63) is 83.8 Å². The maximum absolute atomic E-state index is 12.3. The second kappa shape index (κ2) is 9.50. The number of aromatic nitrogens is 2. The quantitative estimate of drug-likeness (QED) is 0.695. The number of hydrogen-bond donors (Lipinski definition) is 2. The maximum Gasteiger partial charge on any atom is 0.251 e. The number of carbonyl (C=O) groups is 1. The summed E-state index contributed by atoms with van der Waals surface area (Å²) in [5.74, 6) is 0.742. The van der Waals surface area contributed by atoms with Gasteiger partial charge < -0.3 is 15.8 Å². The minimum atomic E-state index is -0.167. The molecule has 2 aromatic carbocycles. The van der Waals surface area contributed by atoms with Gasteiger partial charge in [-0.15, -0.1) is 12.4 Å². The van der Waals surface area contributed by atoms with Crippen LogP contribution in [0.1, 0.15) is 21.6 Å². The Morgan fingerprint density at radius 2 is 1.85 bits per heavy atom. The number of benzene rings is 2. The molecular formula is C19H19ClN4O2. The van der Waals surface area contributed by atoms with Crippen molar-refractivity contribution < 1.29 is 9.53 Å². The van der Waals surface area contributed by atoms with Crippen LogP contribution >= 0.6 is 12.4 Å². The molecule has 1 heterocycles. The largest absolute Gasteiger partial charge is 0.439 e. The molecule has 3 aromatic rings. The van der Waals surface area contributed by atoms with Gasteiger partial charge in [0.05, 0.1) is 5.69 Å². The SMILES string of the molecule is Cl.NCc1cc(Oc2cccc(C(=O)NCc3ccccc3)c2)ncn1. The van der Waals surface area contributed by atoms with Crippen molar-refractivity contribution in [3.8, 4) is 11.6 Å². The molecular weight excluding hydrogens is 352 g/mol. The van der Waals surface area contributed by atoms with Crippen molar-refractivity contribution in [2.24, 2.45) is 5.73 Å². The Labute approximate surface area is 157 Å². The van der Waals surface area contributed by atoms with Crippen molar-refractivity contribution in [1.82, 2.24) is 15.3 Å². The molecule has 0 saturated carbocycles. The molecule has 0 radical (unpaired) electrons. The summed E-state index contributed by atoms with van der Waals surface area (Å²) >= 11 is 0. The summed E-state index contributed by atoms with van der Waals surface area (Å²) < 4.78 is 5.69. The van der Waals surface area contributed by atoms with Crippen LogP contribution in [0, 0.1) is 0 Å². The van der Waals surface area contributed by atoms with Crippen LogP contribution in [0.3, 0.4) is 0 Å². The zero-order valence-electron chi connectivity index (χ0n) is 14.0. The molecule has 3 rings (SSSR count). The van der Waals surface area contributed by atoms with Gasteiger partial charge >= 0.3 is 0 Å². The van der Waals surface area contributed by atoms with Gasteiger partial charge in [0.2, 0.25) is 5.88 Å². The van der Waals surface area contributed by atoms with Gasteiger partial charge in [-0.2, -0.15) is 0 Å². The van der Waals surface area contributed by atoms with Crippen molar-refractivity contribution >= 4 is 18.3 Å². The lowest BCUT2D eigenvalue weighted by molar-refractivity contribution is 0.0950. The van der Waals surface area contributed by atoms with Crippen molar-refractivity contribution in [2.45, 2.75) is 13.1 Å². The average molecular weight is 371 g/mol. The summed E-state index contributed by atoms with van der Waals surface area (Å²) in [5, 5.41) is 2.89. The van der Waals surface area contributed by atoms with Gasteiger partial charge in [0, 0.05) is 24.7 Å². The van der Waals surface area contributed by atoms with Crippen LogP contribution in [0.5, 0.6) is 11.6 Å². The fourth-order valence-corrected chi connectivity index (χ4v) is 2.25. The third kappa shape index (κ3) is 5.27. The van der Waals surface area contributed by atoms with Gasteiger partial charge in [0.1, 0.15) is 12.1 Å². The Bertz CT molecular complexity index is 859. The molecule has 134 valence electrons. The minimum absolute atomic E-state index is 0. The molecule has 1 aromatic heterocycles. The molecule has 0 bridgehead atoms. The molecule has 0 unspecified atom stereocenters. The number of nitrogens with zero attached hydrogens (tertiary/aromatic N) is 2. The number of nitrogens with one attached hydrogen (secondary N) is 1. The van der Waals surface area contributed by atoms with Gasteiger partial charge in [-0.05, 0) is 23.8 Å². The maximum atomic E-state index is 12.3. The van der Waals surface area contributed by atoms with Gasteiger partial charge in [0.15, 0.2) is 0 Å². The number of amides is 1. The van der Waals surface area contributed by atoms with Crippen LogP contribution < -0.4 is 15.8 Å². The first kappa shape index (κ1) is 19.4. The van der Waals surface area contributed by atoms with E-state index < -0.39 is 0 Å². The molecule has 0 spiro atoms. The van der Waals surface area contributed by atoms with E-state index in [9.17, 15) is 4.79 Å². The molecule has 1 amide bonds. The van der Waals surface area contributed by atoms with Gasteiger partial charge in [-0.3, -0.25) is 4.79 Å². The monoisotopic (exact) mass is 370 g/mol. The summed E-state index contributed by atoms with van der Waals surface area (Å²) in [5.41, 5.74) is 7.80. The van der Waals surface area contributed by atoms with E-state index >= 15 is 0 Å². The van der Waals surface area contributed by atoms with E-state index in [4.69, 9.17) is 10.5 Å². The molecule has 0 atom stereocenters. The summed E-state index contributed by atoms with van der Waals surface area (Å²) in [7, 11) is 0. The van der Waals surface area contributed by atoms with Crippen LogP contribution in [0.25, 0.3) is 0 Å². The van der Waals surface area contributed by atoms with E-state index in [1.54, 1.807) is 30.3 Å². The molecule has 0 aliphatic heterocycles. The van der Waals surface area contributed by atoms with Crippen LogP contribution in [0.15, 0.2) is 67.0 Å². The highest BCUT2D eigenvalue weighted by molar-refractivity contribution is 5.94. The first-order valence-electron chi connectivity index (χ1n) is 7.85. The fourth-order valence-electron chi connectivity index (χ4n) is 2.25. The molecule has 3 N–H and O–H groups in total. The zero-order valence-corrected chi connectivity index (χ0v) is 14.8. The molecule has 0 aliphatic rings. The molecule has 0 fully saturated rings. The van der Waals surface area contributed by atoms with E-state index in [1.807, 2.05) is 30.3 Å². The summed E-state index contributed by atoms with van der Waals surface area (Å²) in [6.07, 6.45) is 1.40. The van der Waals surface area contributed by atoms with Crippen LogP contribution in [-0.4, -0.2) is 15.9 Å². The Hall–Kier alpha value is -2.96. The number of rotatable bonds is 6. The lowest BCUT2D eigenvalue weighted by Gasteiger charge is -2.08. The van der Waals surface area contributed by atoms with E-state index in [2.05, 4.69) is 15.3 Å². The molecule has 26 heavy (non-hydrogen) atoms. The van der Waals surface area contributed by atoms with E-state index in [0.717, 1.165) is 5.56 Å². The number of ether oxygens (including phenoxy) is 1. The summed E-state index contributed by atoms with van der Waals surface area (Å²) in [6, 6.07) is 18.3. The fraction of sp³-hybridized carbons (Fsp3) is 0.105. The molecule has 6 nitrogen and oxygen atoms in total. The van der Waals surface area contributed by atoms with Gasteiger partial charge in [0.25, 0.3) is 5.91 Å². The third-order valence-corrected chi connectivity index (χ3v) is 3.52. The lowest BCUT2D eigenvalue weighted by Crippen LogP contribution is -2.22. The average Bonchev–Trinajstić information content (AvgIpc) is 2.67. The predicted molar refractivity (Wildman–Crippen MR) is 101 cm³/mol. The highest BCUT2D eigenvalue weighted by atomic mass is 35.5. The van der Waals surface area contributed by atoms with Crippen LogP contribution in [0.4, 0.5) is 0 Å². The highest BCUT2D eigenvalue weighted by Crippen LogP contribution is 2.20. The van der Waals surface area contributed by atoms with Crippen molar-refractivity contribution in [1.29, 1.82) is 0 Å². The number of halogens is 1. The van der Waals surface area contributed by atoms with Gasteiger partial charge in [-0.1, -0.05) is 36.4 Å². The Kier molecular flexibility index (Phi) is 7.08. The Morgan fingerprint density at radius 3 is 2.62 bits per heavy atom. The van der Waals surface area contributed by atoms with Crippen molar-refractivity contribution in [2.75, 3.05) is 0 Å². The van der Waals surface area contributed by atoms with E-state index in [1.165, 1.54) is 6.33 Å². The minimum Gasteiger partial charge on any atom is -0.439 e. The highest BCUT2D eigenvalue weighted by Gasteiger charge is 2.08. The summed E-state index contributed by atoms with van der Waals surface area (Å²) in [6.45, 7) is 0.775. The third-order valence-electron chi connectivity index (χ3n) is 3.52. The Balaban J connectivity index is 0.00000243. The Morgan fingerprint density at radius 1 is 1.04 bits per heavy atom. The second-order valence-electron chi connectivity index (χ2n) is 5.35. The van der Waals surface area contributed by atoms with E-state index in [0.29, 0.717) is 36.0 Å². The lowest BCUT2D eigenvalue weighted by atomic mass is 10.2. The van der Waals surface area contributed by atoms with Gasteiger partial charge in [-0.25, -0.2) is 9.97 Å². The molecule has 7 heteroatoms. The van der Waals surface area contributed by atoms with Crippen LogP contribution in [0.2, 0.25) is 0 Å². The smallest absolute Gasteiger partial charge is 0.251 e.